The molecule has 0 amide bonds. The highest BCUT2D eigenvalue weighted by Gasteiger charge is 2.16. The lowest BCUT2D eigenvalue weighted by molar-refractivity contribution is 0.565. The number of aromatic amines is 1. The van der Waals surface area contributed by atoms with Crippen molar-refractivity contribution in [3.8, 4) is 22.7 Å². The van der Waals surface area contributed by atoms with Gasteiger partial charge in [-0.1, -0.05) is 0 Å². The van der Waals surface area contributed by atoms with Gasteiger partial charge in [-0.3, -0.25) is 0 Å². The molecule has 0 atom stereocenters. The third kappa shape index (κ3) is 2.20. The normalized spacial score (nSPS) is 11.4. The van der Waals surface area contributed by atoms with Crippen molar-refractivity contribution in [2.45, 2.75) is 0 Å². The van der Waals surface area contributed by atoms with Crippen LogP contribution in [0.25, 0.3) is 44.7 Å². The van der Waals surface area contributed by atoms with Crippen molar-refractivity contribution < 1.29 is 13.2 Å². The highest BCUT2D eigenvalue weighted by atomic mass is 19.1. The molecule has 0 aliphatic rings. The molecule has 2 aromatic carbocycles. The molecule has 5 rings (SSSR count). The fourth-order valence-corrected chi connectivity index (χ4v) is 2.88. The van der Waals surface area contributed by atoms with Gasteiger partial charge in [-0.05, 0) is 53.7 Å². The largest absolute Gasteiger partial charge is 0.456 e. The Morgan fingerprint density at radius 3 is 2.62 bits per heavy atom. The van der Waals surface area contributed by atoms with Gasteiger partial charge in [-0.15, -0.1) is 10.2 Å². The molecule has 0 bridgehead atoms. The number of halogens is 1. The summed E-state index contributed by atoms with van der Waals surface area (Å²) >= 11 is 0. The predicted molar refractivity (Wildman–Crippen MR) is 90.8 cm³/mol. The predicted octanol–water partition coefficient (Wildman–Crippen LogP) is 3.53. The van der Waals surface area contributed by atoms with Crippen LogP contribution in [0.3, 0.4) is 0 Å². The molecule has 0 spiro atoms. The van der Waals surface area contributed by atoms with Crippen molar-refractivity contribution in [2.24, 2.45) is 0 Å². The second kappa shape index (κ2) is 5.35. The quantitative estimate of drug-likeness (QED) is 0.490. The van der Waals surface area contributed by atoms with Crippen LogP contribution in [0, 0.1) is 5.82 Å². The van der Waals surface area contributed by atoms with Gasteiger partial charge in [0.2, 0.25) is 5.82 Å². The van der Waals surface area contributed by atoms with Gasteiger partial charge < -0.3 is 8.83 Å². The third-order valence-electron chi connectivity index (χ3n) is 4.11. The number of H-pyrrole nitrogens is 1. The number of fused-ring (bicyclic) bond motifs is 3. The lowest BCUT2D eigenvalue weighted by Gasteiger charge is -1.99. The van der Waals surface area contributed by atoms with Gasteiger partial charge in [0.1, 0.15) is 28.3 Å². The van der Waals surface area contributed by atoms with Gasteiger partial charge in [-0.2, -0.15) is 5.21 Å². The van der Waals surface area contributed by atoms with E-state index in [4.69, 9.17) is 8.83 Å². The molecule has 0 unspecified atom stereocenters. The zero-order valence-electron chi connectivity index (χ0n) is 13.1. The number of rotatable bonds is 2. The molecule has 3 aromatic heterocycles. The Morgan fingerprint density at radius 1 is 1.00 bits per heavy atom. The summed E-state index contributed by atoms with van der Waals surface area (Å²) in [7, 11) is 0. The standard InChI is InChI=1S/C18H9FN4O3/c19-11-4-1-9(2-5-11)15-8-12-14(25-15)6-3-10-7-13(17-20-22-23-21-17)18(24)26-16(10)12/h1-8H,(H,20,21,22,23). The summed E-state index contributed by atoms with van der Waals surface area (Å²) in [5.41, 5.74) is 1.33. The average Bonchev–Trinajstić information content (AvgIpc) is 3.31. The van der Waals surface area contributed by atoms with Crippen LogP contribution in [0.15, 0.2) is 62.2 Å². The van der Waals surface area contributed by atoms with Crippen LogP contribution in [0.5, 0.6) is 0 Å². The molecule has 5 aromatic rings. The number of nitrogens with zero attached hydrogens (tertiary/aromatic N) is 3. The molecule has 0 aliphatic heterocycles. The van der Waals surface area contributed by atoms with Gasteiger partial charge in [0.05, 0.1) is 5.39 Å². The van der Waals surface area contributed by atoms with E-state index in [2.05, 4.69) is 20.6 Å². The van der Waals surface area contributed by atoms with E-state index < -0.39 is 5.63 Å². The molecular formula is C18H9FN4O3. The Kier molecular flexibility index (Phi) is 2.99. The molecule has 0 fully saturated rings. The SMILES string of the molecule is O=c1oc2c(ccc3oc(-c4ccc(F)cc4)cc32)cc1-c1nn[nH]n1. The van der Waals surface area contributed by atoms with Crippen LogP contribution in [0.4, 0.5) is 4.39 Å². The van der Waals surface area contributed by atoms with Crippen molar-refractivity contribution in [3.05, 3.63) is 64.8 Å². The molecule has 126 valence electrons. The Morgan fingerprint density at radius 2 is 1.85 bits per heavy atom. The maximum absolute atomic E-state index is 13.1. The van der Waals surface area contributed by atoms with E-state index in [0.717, 1.165) is 5.56 Å². The Balaban J connectivity index is 1.73. The van der Waals surface area contributed by atoms with Gasteiger partial charge in [0, 0.05) is 10.9 Å². The van der Waals surface area contributed by atoms with E-state index in [1.54, 1.807) is 36.4 Å². The van der Waals surface area contributed by atoms with Gasteiger partial charge in [0.25, 0.3) is 0 Å². The van der Waals surface area contributed by atoms with Crippen molar-refractivity contribution in [1.29, 1.82) is 0 Å². The lowest BCUT2D eigenvalue weighted by atomic mass is 10.1. The fourth-order valence-electron chi connectivity index (χ4n) is 2.88. The molecule has 8 heteroatoms. The van der Waals surface area contributed by atoms with Crippen molar-refractivity contribution in [2.75, 3.05) is 0 Å². The van der Waals surface area contributed by atoms with E-state index in [0.29, 0.717) is 27.7 Å². The topological polar surface area (TPSA) is 97.8 Å². The first-order valence-electron chi connectivity index (χ1n) is 7.69. The van der Waals surface area contributed by atoms with E-state index in [1.807, 2.05) is 0 Å². The summed E-state index contributed by atoms with van der Waals surface area (Å²) < 4.78 is 24.4. The van der Waals surface area contributed by atoms with Crippen LogP contribution in [0.1, 0.15) is 0 Å². The van der Waals surface area contributed by atoms with Crippen molar-refractivity contribution in [1.82, 2.24) is 20.6 Å². The van der Waals surface area contributed by atoms with Crippen LogP contribution in [0.2, 0.25) is 0 Å². The van der Waals surface area contributed by atoms with E-state index in [1.165, 1.54) is 12.1 Å². The maximum Gasteiger partial charge on any atom is 0.347 e. The maximum atomic E-state index is 13.1. The van der Waals surface area contributed by atoms with Gasteiger partial charge in [-0.25, -0.2) is 9.18 Å². The van der Waals surface area contributed by atoms with Gasteiger partial charge in [0.15, 0.2) is 0 Å². The zero-order chi connectivity index (χ0) is 17.7. The minimum atomic E-state index is -0.573. The number of hydrogen-bond acceptors (Lipinski definition) is 6. The smallest absolute Gasteiger partial charge is 0.347 e. The number of hydrogen-bond donors (Lipinski definition) is 1. The Bertz CT molecular complexity index is 1300. The molecule has 0 saturated carbocycles. The summed E-state index contributed by atoms with van der Waals surface area (Å²) in [4.78, 5) is 12.3. The summed E-state index contributed by atoms with van der Waals surface area (Å²) in [6.45, 7) is 0. The molecule has 1 N–H and O–H groups in total. The number of aromatic nitrogens is 4. The van der Waals surface area contributed by atoms with E-state index >= 15 is 0 Å². The summed E-state index contributed by atoms with van der Waals surface area (Å²) in [5.74, 6) is 0.396. The highest BCUT2D eigenvalue weighted by molar-refractivity contribution is 6.04. The third-order valence-corrected chi connectivity index (χ3v) is 4.11. The first-order valence-corrected chi connectivity index (χ1v) is 7.69. The Labute approximate surface area is 144 Å². The fraction of sp³-hybridized carbons (Fsp3) is 0. The molecule has 0 saturated heterocycles. The minimum absolute atomic E-state index is 0.167. The first-order chi connectivity index (χ1) is 12.7. The van der Waals surface area contributed by atoms with Crippen LogP contribution < -0.4 is 5.63 Å². The molecular weight excluding hydrogens is 339 g/mol. The lowest BCUT2D eigenvalue weighted by Crippen LogP contribution is -2.03. The van der Waals surface area contributed by atoms with Crippen LogP contribution >= 0.6 is 0 Å². The first kappa shape index (κ1) is 14.5. The number of furan rings is 1. The van der Waals surface area contributed by atoms with E-state index in [9.17, 15) is 9.18 Å². The molecule has 7 nitrogen and oxygen atoms in total. The monoisotopic (exact) mass is 348 g/mol. The molecule has 0 radical (unpaired) electrons. The van der Waals surface area contributed by atoms with Crippen molar-refractivity contribution >= 4 is 21.9 Å². The number of nitrogens with one attached hydrogen (secondary N) is 1. The second-order valence-corrected chi connectivity index (χ2v) is 5.70. The summed E-state index contributed by atoms with van der Waals surface area (Å²) in [5, 5.41) is 14.7. The minimum Gasteiger partial charge on any atom is -0.456 e. The second-order valence-electron chi connectivity index (χ2n) is 5.70. The molecule has 0 aliphatic carbocycles. The Hall–Kier alpha value is -3.81. The molecule has 26 heavy (non-hydrogen) atoms. The zero-order valence-corrected chi connectivity index (χ0v) is 13.1. The number of tetrazole rings is 1. The number of benzene rings is 2. The van der Waals surface area contributed by atoms with Crippen molar-refractivity contribution in [3.63, 3.8) is 0 Å². The van der Waals surface area contributed by atoms with Gasteiger partial charge >= 0.3 is 5.63 Å². The molecule has 3 heterocycles. The van der Waals surface area contributed by atoms with E-state index in [-0.39, 0.29) is 17.2 Å². The summed E-state index contributed by atoms with van der Waals surface area (Å²) in [6.07, 6.45) is 0. The summed E-state index contributed by atoms with van der Waals surface area (Å²) in [6, 6.07) is 12.9. The van der Waals surface area contributed by atoms with Crippen LogP contribution in [-0.2, 0) is 0 Å². The highest BCUT2D eigenvalue weighted by Crippen LogP contribution is 2.33. The van der Waals surface area contributed by atoms with Crippen LogP contribution in [-0.4, -0.2) is 20.6 Å². The average molecular weight is 348 g/mol.